The van der Waals surface area contributed by atoms with Crippen LogP contribution in [-0.2, 0) is 0 Å². The minimum absolute atomic E-state index is 0.0293. The van der Waals surface area contributed by atoms with Crippen LogP contribution >= 0.6 is 0 Å². The van der Waals surface area contributed by atoms with Crippen molar-refractivity contribution >= 4 is 11.5 Å². The van der Waals surface area contributed by atoms with Crippen LogP contribution in [0.5, 0.6) is 0 Å². The van der Waals surface area contributed by atoms with E-state index in [2.05, 4.69) is 29.1 Å². The van der Waals surface area contributed by atoms with Crippen molar-refractivity contribution in [2.75, 3.05) is 11.9 Å². The van der Waals surface area contributed by atoms with E-state index in [9.17, 15) is 5.11 Å². The SMILES string of the molecule is CC(CO)Nc1nccc(-c2c(C(C)C)nn3ccccc23)n1. The lowest BCUT2D eigenvalue weighted by Crippen LogP contribution is -2.20. The molecule has 3 heterocycles. The van der Waals surface area contributed by atoms with Crippen molar-refractivity contribution in [1.29, 1.82) is 0 Å². The topological polar surface area (TPSA) is 75.3 Å². The quantitative estimate of drug-likeness (QED) is 0.758. The second-order valence-electron chi connectivity index (χ2n) is 5.94. The minimum Gasteiger partial charge on any atom is -0.394 e. The summed E-state index contributed by atoms with van der Waals surface area (Å²) in [4.78, 5) is 8.84. The molecule has 6 heteroatoms. The molecule has 0 spiro atoms. The molecular formula is C17H21N5O. The summed E-state index contributed by atoms with van der Waals surface area (Å²) in [6.07, 6.45) is 3.67. The molecule has 3 aromatic rings. The van der Waals surface area contributed by atoms with Gasteiger partial charge in [-0.15, -0.1) is 0 Å². The summed E-state index contributed by atoms with van der Waals surface area (Å²) in [5.41, 5.74) is 3.90. The Morgan fingerprint density at radius 2 is 2.04 bits per heavy atom. The average Bonchev–Trinajstić information content (AvgIpc) is 2.94. The van der Waals surface area contributed by atoms with Crippen LogP contribution in [0.4, 0.5) is 5.95 Å². The third kappa shape index (κ3) is 3.03. The van der Waals surface area contributed by atoms with Crippen molar-refractivity contribution in [3.8, 4) is 11.3 Å². The summed E-state index contributed by atoms with van der Waals surface area (Å²) in [7, 11) is 0. The third-order valence-electron chi connectivity index (χ3n) is 3.67. The molecule has 3 aromatic heterocycles. The van der Waals surface area contributed by atoms with Crippen LogP contribution in [-0.4, -0.2) is 37.3 Å². The van der Waals surface area contributed by atoms with Crippen molar-refractivity contribution in [2.45, 2.75) is 32.7 Å². The predicted octanol–water partition coefficient (Wildman–Crippen LogP) is 2.71. The van der Waals surface area contributed by atoms with E-state index >= 15 is 0 Å². The summed E-state index contributed by atoms with van der Waals surface area (Å²) in [6, 6.07) is 7.80. The molecule has 1 atom stereocenters. The molecule has 0 fully saturated rings. The molecule has 0 aromatic carbocycles. The number of aliphatic hydroxyl groups excluding tert-OH is 1. The number of nitrogens with zero attached hydrogens (tertiary/aromatic N) is 4. The van der Waals surface area contributed by atoms with Gasteiger partial charge in [-0.3, -0.25) is 0 Å². The molecule has 0 aliphatic carbocycles. The van der Waals surface area contributed by atoms with Crippen LogP contribution in [0.1, 0.15) is 32.4 Å². The van der Waals surface area contributed by atoms with Gasteiger partial charge in [0.25, 0.3) is 0 Å². The van der Waals surface area contributed by atoms with Crippen molar-refractivity contribution in [3.05, 3.63) is 42.4 Å². The molecule has 2 N–H and O–H groups in total. The number of aromatic nitrogens is 4. The summed E-state index contributed by atoms with van der Waals surface area (Å²) in [6.45, 7) is 6.16. The molecule has 120 valence electrons. The van der Waals surface area contributed by atoms with Gasteiger partial charge >= 0.3 is 0 Å². The summed E-state index contributed by atoms with van der Waals surface area (Å²) in [5.74, 6) is 0.793. The van der Waals surface area contributed by atoms with E-state index in [1.165, 1.54) is 0 Å². The van der Waals surface area contributed by atoms with Gasteiger partial charge in [-0.25, -0.2) is 14.5 Å². The molecule has 0 bridgehead atoms. The lowest BCUT2D eigenvalue weighted by atomic mass is 10.0. The molecule has 0 saturated heterocycles. The Kier molecular flexibility index (Phi) is 4.25. The largest absolute Gasteiger partial charge is 0.394 e. The Bertz CT molecular complexity index is 812. The molecule has 0 aliphatic heterocycles. The number of anilines is 1. The first-order valence-electron chi connectivity index (χ1n) is 7.78. The number of nitrogens with one attached hydrogen (secondary N) is 1. The second-order valence-corrected chi connectivity index (χ2v) is 5.94. The van der Waals surface area contributed by atoms with Crippen LogP contribution in [0.25, 0.3) is 16.8 Å². The number of rotatable bonds is 5. The summed E-state index contributed by atoms with van der Waals surface area (Å²) >= 11 is 0. The molecular weight excluding hydrogens is 290 g/mol. The van der Waals surface area contributed by atoms with Gasteiger partial charge in [0.05, 0.1) is 23.5 Å². The van der Waals surface area contributed by atoms with Gasteiger partial charge in [0.15, 0.2) is 0 Å². The minimum atomic E-state index is -0.0984. The summed E-state index contributed by atoms with van der Waals surface area (Å²) < 4.78 is 1.89. The number of fused-ring (bicyclic) bond motifs is 1. The zero-order chi connectivity index (χ0) is 16.4. The lowest BCUT2D eigenvalue weighted by molar-refractivity contribution is 0.281. The fourth-order valence-corrected chi connectivity index (χ4v) is 2.52. The van der Waals surface area contributed by atoms with E-state index in [0.717, 1.165) is 22.5 Å². The van der Waals surface area contributed by atoms with Crippen molar-refractivity contribution in [1.82, 2.24) is 19.6 Å². The highest BCUT2D eigenvalue weighted by Gasteiger charge is 2.18. The first kappa shape index (κ1) is 15.4. The number of hydrogen-bond donors (Lipinski definition) is 2. The van der Waals surface area contributed by atoms with Crippen molar-refractivity contribution < 1.29 is 5.11 Å². The van der Waals surface area contributed by atoms with Crippen LogP contribution in [0.3, 0.4) is 0 Å². The molecule has 1 unspecified atom stereocenters. The molecule has 0 saturated carbocycles. The Labute approximate surface area is 135 Å². The van der Waals surface area contributed by atoms with Crippen molar-refractivity contribution in [2.24, 2.45) is 0 Å². The maximum Gasteiger partial charge on any atom is 0.223 e. The van der Waals surface area contributed by atoms with Gasteiger partial charge in [0, 0.05) is 24.0 Å². The monoisotopic (exact) mass is 311 g/mol. The fourth-order valence-electron chi connectivity index (χ4n) is 2.52. The fraction of sp³-hybridized carbons (Fsp3) is 0.353. The molecule has 3 rings (SSSR count). The second kappa shape index (κ2) is 6.34. The first-order valence-corrected chi connectivity index (χ1v) is 7.78. The van der Waals surface area contributed by atoms with Gasteiger partial charge in [0.1, 0.15) is 0 Å². The Morgan fingerprint density at radius 3 is 2.78 bits per heavy atom. The highest BCUT2D eigenvalue weighted by molar-refractivity contribution is 5.81. The van der Waals surface area contributed by atoms with E-state index < -0.39 is 0 Å². The Morgan fingerprint density at radius 1 is 1.22 bits per heavy atom. The Hall–Kier alpha value is -2.47. The highest BCUT2D eigenvalue weighted by atomic mass is 16.3. The standard InChI is InChI=1S/C17H21N5O/c1-11(2)16-15(14-6-4-5-9-22(14)21-16)13-7-8-18-17(20-13)19-12(3)10-23/h4-9,11-12,23H,10H2,1-3H3,(H,18,19,20). The predicted molar refractivity (Wildman–Crippen MR) is 90.5 cm³/mol. The molecule has 0 aliphatic rings. The van der Waals surface area contributed by atoms with Crippen LogP contribution in [0.2, 0.25) is 0 Å². The maximum atomic E-state index is 9.18. The highest BCUT2D eigenvalue weighted by Crippen LogP contribution is 2.31. The summed E-state index contributed by atoms with van der Waals surface area (Å²) in [5, 5.41) is 17.0. The van der Waals surface area contributed by atoms with Gasteiger partial charge < -0.3 is 10.4 Å². The lowest BCUT2D eigenvalue weighted by Gasteiger charge is -2.11. The van der Waals surface area contributed by atoms with Gasteiger partial charge in [-0.1, -0.05) is 19.9 Å². The molecule has 6 nitrogen and oxygen atoms in total. The maximum absolute atomic E-state index is 9.18. The van der Waals surface area contributed by atoms with Gasteiger partial charge in [-0.2, -0.15) is 5.10 Å². The van der Waals surface area contributed by atoms with E-state index in [1.54, 1.807) is 6.20 Å². The smallest absolute Gasteiger partial charge is 0.223 e. The normalized spacial score (nSPS) is 12.7. The van der Waals surface area contributed by atoms with Crippen LogP contribution in [0, 0.1) is 0 Å². The number of pyridine rings is 1. The Balaban J connectivity index is 2.12. The number of aliphatic hydroxyl groups is 1. The van der Waals surface area contributed by atoms with E-state index in [-0.39, 0.29) is 18.6 Å². The van der Waals surface area contributed by atoms with Gasteiger partial charge in [0.2, 0.25) is 5.95 Å². The zero-order valence-electron chi connectivity index (χ0n) is 13.6. The average molecular weight is 311 g/mol. The number of hydrogen-bond acceptors (Lipinski definition) is 5. The van der Waals surface area contributed by atoms with Crippen molar-refractivity contribution in [3.63, 3.8) is 0 Å². The van der Waals surface area contributed by atoms with E-state index in [1.807, 2.05) is 41.9 Å². The van der Waals surface area contributed by atoms with Crippen LogP contribution in [0.15, 0.2) is 36.7 Å². The molecule has 23 heavy (non-hydrogen) atoms. The molecule has 0 amide bonds. The third-order valence-corrected chi connectivity index (χ3v) is 3.67. The van der Waals surface area contributed by atoms with Gasteiger partial charge in [-0.05, 0) is 31.0 Å². The van der Waals surface area contributed by atoms with E-state index in [0.29, 0.717) is 5.95 Å². The molecule has 0 radical (unpaired) electrons. The van der Waals surface area contributed by atoms with E-state index in [4.69, 9.17) is 5.10 Å². The first-order chi connectivity index (χ1) is 11.1. The zero-order valence-corrected chi connectivity index (χ0v) is 13.6. The van der Waals surface area contributed by atoms with Crippen LogP contribution < -0.4 is 5.32 Å².